The number of nitrogens with zero attached hydrogens (tertiary/aromatic N) is 1. The van der Waals surface area contributed by atoms with Crippen molar-refractivity contribution in [3.05, 3.63) is 28.2 Å². The maximum atomic E-state index is 12.7. The van der Waals surface area contributed by atoms with E-state index in [1.165, 1.54) is 4.90 Å². The average Bonchev–Trinajstić information content (AvgIpc) is 3.08. The lowest BCUT2D eigenvalue weighted by Gasteiger charge is -2.28. The minimum absolute atomic E-state index is 0.0266. The first-order chi connectivity index (χ1) is 8.40. The second-order valence-electron chi connectivity index (χ2n) is 4.38. The van der Waals surface area contributed by atoms with Gasteiger partial charge in [-0.1, -0.05) is 37.9 Å². The van der Waals surface area contributed by atoms with Crippen molar-refractivity contribution in [3.8, 4) is 0 Å². The minimum Gasteiger partial charge on any atom is -0.359 e. The Hall–Kier alpha value is -0.230. The number of halogens is 5. The molecule has 0 radical (unpaired) electrons. The van der Waals surface area contributed by atoms with Gasteiger partial charge in [0.15, 0.2) is 0 Å². The number of hydrogen-bond donors (Lipinski definition) is 0. The SMILES string of the molecule is FC(F)(F)CN(c1cc(Br)ccc1CBr)C1CC1. The summed E-state index contributed by atoms with van der Waals surface area (Å²) in [5, 5.41) is 0.552. The molecule has 0 amide bonds. The van der Waals surface area contributed by atoms with E-state index in [2.05, 4.69) is 31.9 Å². The Morgan fingerprint density at radius 3 is 2.44 bits per heavy atom. The summed E-state index contributed by atoms with van der Waals surface area (Å²) in [6, 6.07) is 5.48. The van der Waals surface area contributed by atoms with Crippen LogP contribution in [0.5, 0.6) is 0 Å². The number of anilines is 1. The minimum atomic E-state index is -4.17. The molecule has 0 unspecified atom stereocenters. The molecule has 1 aromatic rings. The van der Waals surface area contributed by atoms with E-state index < -0.39 is 12.7 Å². The van der Waals surface area contributed by atoms with Crippen LogP contribution in [0, 0.1) is 0 Å². The molecule has 1 aliphatic rings. The lowest BCUT2D eigenvalue weighted by molar-refractivity contribution is -0.120. The van der Waals surface area contributed by atoms with Crippen LogP contribution in [0.2, 0.25) is 0 Å². The predicted octanol–water partition coefficient (Wildman–Crippen LogP) is 4.88. The fourth-order valence-electron chi connectivity index (χ4n) is 1.91. The second kappa shape index (κ2) is 5.41. The molecule has 1 aromatic carbocycles. The van der Waals surface area contributed by atoms with Gasteiger partial charge in [0.2, 0.25) is 0 Å². The Kier molecular flexibility index (Phi) is 4.26. The molecule has 1 saturated carbocycles. The van der Waals surface area contributed by atoms with Gasteiger partial charge in [-0.15, -0.1) is 0 Å². The van der Waals surface area contributed by atoms with Gasteiger partial charge in [-0.2, -0.15) is 13.2 Å². The number of rotatable bonds is 4. The van der Waals surface area contributed by atoms with E-state index in [0.717, 1.165) is 22.9 Å². The third-order valence-corrected chi connectivity index (χ3v) is 3.94. The van der Waals surface area contributed by atoms with Crippen molar-refractivity contribution in [1.82, 2.24) is 0 Å². The van der Waals surface area contributed by atoms with Crippen molar-refractivity contribution >= 4 is 37.5 Å². The standard InChI is InChI=1S/C12H12Br2F3N/c13-6-8-1-2-9(14)5-11(8)18(10-3-4-10)7-12(15,16)17/h1-2,5,10H,3-4,6-7H2. The number of benzene rings is 1. The molecule has 100 valence electrons. The van der Waals surface area contributed by atoms with Gasteiger partial charge in [-0.25, -0.2) is 0 Å². The molecule has 1 fully saturated rings. The molecule has 18 heavy (non-hydrogen) atoms. The molecule has 0 aliphatic heterocycles. The largest absolute Gasteiger partial charge is 0.405 e. The lowest BCUT2D eigenvalue weighted by atomic mass is 10.1. The van der Waals surface area contributed by atoms with Crippen LogP contribution in [-0.2, 0) is 5.33 Å². The van der Waals surface area contributed by atoms with Gasteiger partial charge in [-0.05, 0) is 30.5 Å². The van der Waals surface area contributed by atoms with E-state index in [-0.39, 0.29) is 6.04 Å². The van der Waals surface area contributed by atoms with Crippen molar-refractivity contribution < 1.29 is 13.2 Å². The van der Waals surface area contributed by atoms with Crippen LogP contribution in [0.15, 0.2) is 22.7 Å². The summed E-state index contributed by atoms with van der Waals surface area (Å²) in [4.78, 5) is 1.47. The summed E-state index contributed by atoms with van der Waals surface area (Å²) < 4.78 is 38.8. The van der Waals surface area contributed by atoms with Gasteiger partial charge in [0.05, 0.1) is 0 Å². The smallest absolute Gasteiger partial charge is 0.359 e. The monoisotopic (exact) mass is 385 g/mol. The summed E-state index contributed by atoms with van der Waals surface area (Å²) >= 11 is 6.65. The van der Waals surface area contributed by atoms with Crippen molar-refractivity contribution in [2.45, 2.75) is 30.4 Å². The highest BCUT2D eigenvalue weighted by molar-refractivity contribution is 9.10. The van der Waals surface area contributed by atoms with Crippen LogP contribution < -0.4 is 4.90 Å². The molecule has 2 rings (SSSR count). The van der Waals surface area contributed by atoms with Crippen molar-refractivity contribution in [2.75, 3.05) is 11.4 Å². The zero-order valence-electron chi connectivity index (χ0n) is 9.47. The molecule has 0 bridgehead atoms. The topological polar surface area (TPSA) is 3.24 Å². The quantitative estimate of drug-likeness (QED) is 0.667. The van der Waals surface area contributed by atoms with E-state index in [1.807, 2.05) is 12.1 Å². The van der Waals surface area contributed by atoms with Crippen LogP contribution in [0.1, 0.15) is 18.4 Å². The van der Waals surface area contributed by atoms with Gasteiger partial charge in [0, 0.05) is 21.5 Å². The molecule has 0 heterocycles. The average molecular weight is 387 g/mol. The van der Waals surface area contributed by atoms with Crippen LogP contribution in [0.4, 0.5) is 18.9 Å². The molecule has 0 atom stereocenters. The van der Waals surface area contributed by atoms with Gasteiger partial charge >= 0.3 is 6.18 Å². The molecule has 0 aromatic heterocycles. The summed E-state index contributed by atoms with van der Waals surface area (Å²) in [7, 11) is 0. The van der Waals surface area contributed by atoms with E-state index in [4.69, 9.17) is 0 Å². The van der Waals surface area contributed by atoms with Crippen LogP contribution in [0.25, 0.3) is 0 Å². The first kappa shape index (κ1) is 14.2. The normalized spacial score (nSPS) is 15.8. The highest BCUT2D eigenvalue weighted by Gasteiger charge is 2.38. The number of hydrogen-bond acceptors (Lipinski definition) is 1. The number of alkyl halides is 4. The molecule has 0 saturated heterocycles. The van der Waals surface area contributed by atoms with E-state index >= 15 is 0 Å². The molecule has 1 aliphatic carbocycles. The zero-order valence-corrected chi connectivity index (χ0v) is 12.6. The summed E-state index contributed by atoms with van der Waals surface area (Å²) in [6.07, 6.45) is -2.50. The highest BCUT2D eigenvalue weighted by Crippen LogP contribution is 2.37. The van der Waals surface area contributed by atoms with Crippen LogP contribution in [0.3, 0.4) is 0 Å². The van der Waals surface area contributed by atoms with Gasteiger partial charge in [-0.3, -0.25) is 0 Å². The highest BCUT2D eigenvalue weighted by atomic mass is 79.9. The van der Waals surface area contributed by atoms with Gasteiger partial charge in [0.25, 0.3) is 0 Å². The van der Waals surface area contributed by atoms with Crippen molar-refractivity contribution in [2.24, 2.45) is 0 Å². The van der Waals surface area contributed by atoms with E-state index in [0.29, 0.717) is 11.0 Å². The van der Waals surface area contributed by atoms with E-state index in [9.17, 15) is 13.2 Å². The Labute approximate surface area is 121 Å². The molecular formula is C12H12Br2F3N. The summed E-state index contributed by atoms with van der Waals surface area (Å²) in [5.74, 6) is 0. The summed E-state index contributed by atoms with van der Waals surface area (Å²) in [6.45, 7) is -0.881. The fraction of sp³-hybridized carbons (Fsp3) is 0.500. The summed E-state index contributed by atoms with van der Waals surface area (Å²) in [5.41, 5.74) is 1.55. The molecule has 6 heteroatoms. The third-order valence-electron chi connectivity index (χ3n) is 2.84. The third kappa shape index (κ3) is 3.63. The second-order valence-corrected chi connectivity index (χ2v) is 5.86. The molecule has 1 nitrogen and oxygen atoms in total. The fourth-order valence-corrected chi connectivity index (χ4v) is 2.73. The first-order valence-electron chi connectivity index (χ1n) is 5.58. The van der Waals surface area contributed by atoms with Gasteiger partial charge in [0.1, 0.15) is 6.54 Å². The Morgan fingerprint density at radius 2 is 1.94 bits per heavy atom. The van der Waals surface area contributed by atoms with E-state index in [1.54, 1.807) is 6.07 Å². The lowest BCUT2D eigenvalue weighted by Crippen LogP contribution is -2.36. The maximum Gasteiger partial charge on any atom is 0.405 e. The van der Waals surface area contributed by atoms with Gasteiger partial charge < -0.3 is 4.90 Å². The maximum absolute atomic E-state index is 12.7. The zero-order chi connectivity index (χ0) is 13.3. The Bertz CT molecular complexity index is 430. The van der Waals surface area contributed by atoms with Crippen LogP contribution >= 0.6 is 31.9 Å². The Morgan fingerprint density at radius 1 is 1.28 bits per heavy atom. The first-order valence-corrected chi connectivity index (χ1v) is 7.50. The Balaban J connectivity index is 2.32. The van der Waals surface area contributed by atoms with Crippen molar-refractivity contribution in [3.63, 3.8) is 0 Å². The van der Waals surface area contributed by atoms with Crippen LogP contribution in [-0.4, -0.2) is 18.8 Å². The predicted molar refractivity (Wildman–Crippen MR) is 73.2 cm³/mol. The van der Waals surface area contributed by atoms with Crippen molar-refractivity contribution in [1.29, 1.82) is 0 Å². The molecular weight excluding hydrogens is 375 g/mol. The molecule has 0 N–H and O–H groups in total. The molecule has 0 spiro atoms.